The molecule has 0 radical (unpaired) electrons. The van der Waals surface area contributed by atoms with E-state index >= 15 is 0 Å². The number of nitrogen functional groups attached to an aromatic ring is 1. The van der Waals surface area contributed by atoms with Gasteiger partial charge in [-0.05, 0) is 24.1 Å². The van der Waals surface area contributed by atoms with Gasteiger partial charge in [-0.2, -0.15) is 5.10 Å². The fraction of sp³-hybridized carbons (Fsp3) is 0.250. The molecule has 0 aliphatic carbocycles. The predicted octanol–water partition coefficient (Wildman–Crippen LogP) is 0.636. The lowest BCUT2D eigenvalue weighted by Crippen LogP contribution is -2.24. The molecule has 0 fully saturated rings. The molecule has 2 aromatic heterocycles. The highest BCUT2D eigenvalue weighted by molar-refractivity contribution is 5.98. The number of hydrogen-bond acceptors (Lipinski definition) is 4. The van der Waals surface area contributed by atoms with Crippen LogP contribution in [-0.2, 0) is 13.6 Å². The molecule has 0 unspecified atom stereocenters. The second kappa shape index (κ2) is 4.87. The van der Waals surface area contributed by atoms with Crippen LogP contribution in [0.4, 0.5) is 5.82 Å². The van der Waals surface area contributed by atoms with Crippen molar-refractivity contribution in [1.82, 2.24) is 20.1 Å². The first-order valence-electron chi connectivity index (χ1n) is 5.54. The molecule has 0 saturated carbocycles. The van der Waals surface area contributed by atoms with E-state index in [9.17, 15) is 4.79 Å². The van der Waals surface area contributed by atoms with E-state index in [4.69, 9.17) is 5.73 Å². The Morgan fingerprint density at radius 3 is 2.89 bits per heavy atom. The van der Waals surface area contributed by atoms with Crippen LogP contribution in [0.3, 0.4) is 0 Å². The summed E-state index contributed by atoms with van der Waals surface area (Å²) in [5.41, 5.74) is 8.19. The van der Waals surface area contributed by atoms with E-state index in [0.717, 1.165) is 11.1 Å². The van der Waals surface area contributed by atoms with Crippen LogP contribution >= 0.6 is 0 Å². The monoisotopic (exact) mass is 245 g/mol. The van der Waals surface area contributed by atoms with Gasteiger partial charge in [0.2, 0.25) is 0 Å². The number of pyridine rings is 1. The van der Waals surface area contributed by atoms with Gasteiger partial charge in [0.05, 0.1) is 6.20 Å². The number of hydrogen-bond donors (Lipinski definition) is 2. The minimum Gasteiger partial charge on any atom is -0.383 e. The van der Waals surface area contributed by atoms with Gasteiger partial charge in [0.15, 0.2) is 0 Å². The summed E-state index contributed by atoms with van der Waals surface area (Å²) in [6.07, 6.45) is 4.92. The van der Waals surface area contributed by atoms with Crippen LogP contribution in [0.1, 0.15) is 21.5 Å². The number of aromatic nitrogens is 3. The number of rotatable bonds is 3. The predicted molar refractivity (Wildman–Crippen MR) is 67.8 cm³/mol. The number of nitrogens with one attached hydrogen (secondary N) is 1. The highest BCUT2D eigenvalue weighted by atomic mass is 16.1. The van der Waals surface area contributed by atoms with E-state index < -0.39 is 0 Å². The zero-order valence-corrected chi connectivity index (χ0v) is 10.3. The molecule has 0 aromatic carbocycles. The van der Waals surface area contributed by atoms with E-state index in [2.05, 4.69) is 15.4 Å². The zero-order chi connectivity index (χ0) is 13.1. The average Bonchev–Trinajstić information content (AvgIpc) is 2.69. The summed E-state index contributed by atoms with van der Waals surface area (Å²) in [7, 11) is 1.69. The van der Waals surface area contributed by atoms with Crippen LogP contribution in [0.2, 0.25) is 0 Å². The Hall–Kier alpha value is -2.37. The van der Waals surface area contributed by atoms with Crippen molar-refractivity contribution in [2.75, 3.05) is 5.73 Å². The third-order valence-electron chi connectivity index (χ3n) is 2.82. The second-order valence-electron chi connectivity index (χ2n) is 4.05. The summed E-state index contributed by atoms with van der Waals surface area (Å²) in [6, 6.07) is 1.90. The largest absolute Gasteiger partial charge is 0.383 e. The van der Waals surface area contributed by atoms with Crippen molar-refractivity contribution in [2.24, 2.45) is 7.05 Å². The molecule has 6 nitrogen and oxygen atoms in total. The van der Waals surface area contributed by atoms with Gasteiger partial charge < -0.3 is 11.1 Å². The van der Waals surface area contributed by atoms with E-state index in [0.29, 0.717) is 17.9 Å². The highest BCUT2D eigenvalue weighted by Crippen LogP contribution is 2.10. The number of carbonyl (C=O) groups excluding carboxylic acids is 1. The van der Waals surface area contributed by atoms with Gasteiger partial charge in [-0.3, -0.25) is 14.5 Å². The van der Waals surface area contributed by atoms with Crippen molar-refractivity contribution in [1.29, 1.82) is 0 Å². The summed E-state index contributed by atoms with van der Waals surface area (Å²) in [4.78, 5) is 15.9. The third-order valence-corrected chi connectivity index (χ3v) is 2.82. The van der Waals surface area contributed by atoms with Crippen LogP contribution in [0.25, 0.3) is 0 Å². The third kappa shape index (κ3) is 2.32. The smallest absolute Gasteiger partial charge is 0.256 e. The molecule has 3 N–H and O–H groups in total. The molecule has 0 spiro atoms. The summed E-state index contributed by atoms with van der Waals surface area (Å²) >= 11 is 0. The Morgan fingerprint density at radius 1 is 1.50 bits per heavy atom. The fourth-order valence-corrected chi connectivity index (χ4v) is 1.57. The van der Waals surface area contributed by atoms with Crippen molar-refractivity contribution in [2.45, 2.75) is 13.5 Å². The van der Waals surface area contributed by atoms with Gasteiger partial charge in [-0.1, -0.05) is 0 Å². The minimum atomic E-state index is -0.233. The van der Waals surface area contributed by atoms with Gasteiger partial charge in [-0.25, -0.2) is 0 Å². The Balaban J connectivity index is 2.05. The topological polar surface area (TPSA) is 85.8 Å². The molecule has 94 valence electrons. The van der Waals surface area contributed by atoms with Crippen LogP contribution < -0.4 is 11.1 Å². The Kier molecular flexibility index (Phi) is 3.27. The molecule has 0 aliphatic rings. The molecular formula is C12H15N5O. The summed E-state index contributed by atoms with van der Waals surface area (Å²) in [5, 5.41) is 6.73. The van der Waals surface area contributed by atoms with Gasteiger partial charge in [0.25, 0.3) is 5.91 Å². The maximum atomic E-state index is 11.9. The molecule has 1 amide bonds. The molecule has 2 rings (SSSR count). The number of anilines is 1. The second-order valence-corrected chi connectivity index (χ2v) is 4.05. The molecule has 6 heteroatoms. The SMILES string of the molecule is Cc1ccncc1CNC(=O)c1cnn(C)c1N. The molecule has 18 heavy (non-hydrogen) atoms. The molecule has 2 heterocycles. The normalized spacial score (nSPS) is 10.3. The van der Waals surface area contributed by atoms with Crippen molar-refractivity contribution in [3.63, 3.8) is 0 Å². The zero-order valence-electron chi connectivity index (χ0n) is 10.3. The highest BCUT2D eigenvalue weighted by Gasteiger charge is 2.13. The summed E-state index contributed by atoms with van der Waals surface area (Å²) < 4.78 is 1.46. The molecule has 2 aromatic rings. The van der Waals surface area contributed by atoms with Gasteiger partial charge in [-0.15, -0.1) is 0 Å². The van der Waals surface area contributed by atoms with E-state index in [-0.39, 0.29) is 5.91 Å². The Bertz CT molecular complexity index is 576. The molecular weight excluding hydrogens is 230 g/mol. The van der Waals surface area contributed by atoms with Crippen molar-refractivity contribution >= 4 is 11.7 Å². The first kappa shape index (κ1) is 12.1. The number of carbonyl (C=O) groups is 1. The maximum Gasteiger partial charge on any atom is 0.256 e. The number of amides is 1. The van der Waals surface area contributed by atoms with E-state index in [1.165, 1.54) is 10.9 Å². The average molecular weight is 245 g/mol. The first-order chi connectivity index (χ1) is 8.59. The van der Waals surface area contributed by atoms with Crippen molar-refractivity contribution in [3.8, 4) is 0 Å². The molecule has 0 aliphatic heterocycles. The number of nitrogens with zero attached hydrogens (tertiary/aromatic N) is 3. The number of nitrogens with two attached hydrogens (primary N) is 1. The van der Waals surface area contributed by atoms with Crippen molar-refractivity contribution < 1.29 is 4.79 Å². The van der Waals surface area contributed by atoms with Crippen LogP contribution in [0, 0.1) is 6.92 Å². The lowest BCUT2D eigenvalue weighted by Gasteiger charge is -2.06. The standard InChI is InChI=1S/C12H15N5O/c1-8-3-4-14-5-9(8)6-15-12(18)10-7-16-17(2)11(10)13/h3-5,7H,6,13H2,1-2H3,(H,15,18). The van der Waals surface area contributed by atoms with Crippen molar-refractivity contribution in [3.05, 3.63) is 41.3 Å². The van der Waals surface area contributed by atoms with E-state index in [1.54, 1.807) is 19.4 Å². The first-order valence-corrected chi connectivity index (χ1v) is 5.54. The van der Waals surface area contributed by atoms with Gasteiger partial charge in [0.1, 0.15) is 11.4 Å². The molecule has 0 bridgehead atoms. The lowest BCUT2D eigenvalue weighted by molar-refractivity contribution is 0.0951. The van der Waals surface area contributed by atoms with Gasteiger partial charge >= 0.3 is 0 Å². The Labute approximate surface area is 105 Å². The van der Waals surface area contributed by atoms with E-state index in [1.807, 2.05) is 13.0 Å². The quantitative estimate of drug-likeness (QED) is 0.830. The van der Waals surface area contributed by atoms with Crippen LogP contribution in [-0.4, -0.2) is 20.7 Å². The Morgan fingerprint density at radius 2 is 2.28 bits per heavy atom. The van der Waals surface area contributed by atoms with Gasteiger partial charge in [0, 0.05) is 26.0 Å². The maximum absolute atomic E-state index is 11.9. The van der Waals surface area contributed by atoms with Crippen LogP contribution in [0.5, 0.6) is 0 Å². The van der Waals surface area contributed by atoms with Crippen LogP contribution in [0.15, 0.2) is 24.7 Å². The summed E-state index contributed by atoms with van der Waals surface area (Å²) in [5.74, 6) is 0.124. The number of aryl methyl sites for hydroxylation is 2. The lowest BCUT2D eigenvalue weighted by atomic mass is 10.1. The molecule has 0 atom stereocenters. The minimum absolute atomic E-state index is 0.233. The summed E-state index contributed by atoms with van der Waals surface area (Å²) in [6.45, 7) is 2.40. The molecule has 0 saturated heterocycles. The fourth-order valence-electron chi connectivity index (χ4n) is 1.57.